The van der Waals surface area contributed by atoms with Crippen LogP contribution >= 0.6 is 0 Å². The third-order valence-electron chi connectivity index (χ3n) is 2.39. The van der Waals surface area contributed by atoms with Crippen LogP contribution in [0.25, 0.3) is 5.57 Å². The monoisotopic (exact) mass is 263 g/mol. The van der Waals surface area contributed by atoms with E-state index in [1.165, 1.54) is 18.3 Å². The van der Waals surface area contributed by atoms with Crippen molar-refractivity contribution in [2.45, 2.75) is 13.1 Å². The molecule has 0 heterocycles. The van der Waals surface area contributed by atoms with Gasteiger partial charge in [0.15, 0.2) is 0 Å². The molecular formula is C15H12F3N. The smallest absolute Gasteiger partial charge is 0.248 e. The van der Waals surface area contributed by atoms with Crippen molar-refractivity contribution in [1.29, 1.82) is 0 Å². The molecule has 1 aromatic rings. The first-order valence-electron chi connectivity index (χ1n) is 5.38. The molecule has 0 atom stereocenters. The van der Waals surface area contributed by atoms with Crippen LogP contribution in [-0.2, 0) is 6.18 Å². The third-order valence-corrected chi connectivity index (χ3v) is 2.39. The van der Waals surface area contributed by atoms with Gasteiger partial charge in [0.25, 0.3) is 0 Å². The van der Waals surface area contributed by atoms with Crippen molar-refractivity contribution in [1.82, 2.24) is 0 Å². The Morgan fingerprint density at radius 3 is 2.37 bits per heavy atom. The molecule has 0 N–H and O–H groups in total. The Kier molecular flexibility index (Phi) is 4.71. The van der Waals surface area contributed by atoms with Crippen molar-refractivity contribution in [2.24, 2.45) is 4.99 Å². The molecule has 0 bridgehead atoms. The molecular weight excluding hydrogens is 251 g/mol. The van der Waals surface area contributed by atoms with Crippen molar-refractivity contribution in [3.63, 3.8) is 0 Å². The second-order valence-corrected chi connectivity index (χ2v) is 3.79. The summed E-state index contributed by atoms with van der Waals surface area (Å²) >= 11 is 0. The van der Waals surface area contributed by atoms with Gasteiger partial charge in [0.1, 0.15) is 5.70 Å². The Balaban J connectivity index is 2.87. The average Bonchev–Trinajstić information content (AvgIpc) is 2.37. The van der Waals surface area contributed by atoms with Gasteiger partial charge in [-0.15, -0.1) is 6.42 Å². The van der Waals surface area contributed by atoms with Crippen LogP contribution < -0.4 is 0 Å². The minimum Gasteiger partial charge on any atom is -0.248 e. The Labute approximate surface area is 110 Å². The van der Waals surface area contributed by atoms with Gasteiger partial charge >= 0.3 is 6.18 Å². The quantitative estimate of drug-likeness (QED) is 0.568. The lowest BCUT2D eigenvalue weighted by Gasteiger charge is -2.07. The number of benzene rings is 1. The van der Waals surface area contributed by atoms with Gasteiger partial charge in [-0.05, 0) is 36.3 Å². The van der Waals surface area contributed by atoms with Crippen LogP contribution in [0.15, 0.2) is 47.6 Å². The van der Waals surface area contributed by atoms with Gasteiger partial charge in [0.05, 0.1) is 5.56 Å². The molecule has 98 valence electrons. The minimum absolute atomic E-state index is 0.288. The summed E-state index contributed by atoms with van der Waals surface area (Å²) < 4.78 is 37.2. The normalized spacial score (nSPS) is 12.5. The number of terminal acetylenes is 1. The first-order chi connectivity index (χ1) is 8.84. The largest absolute Gasteiger partial charge is 0.416 e. The van der Waals surface area contributed by atoms with Gasteiger partial charge in [-0.2, -0.15) is 13.2 Å². The van der Waals surface area contributed by atoms with Gasteiger partial charge < -0.3 is 0 Å². The van der Waals surface area contributed by atoms with Crippen molar-refractivity contribution in [3.8, 4) is 12.3 Å². The zero-order valence-electron chi connectivity index (χ0n) is 10.3. The summed E-state index contributed by atoms with van der Waals surface area (Å²) in [5, 5.41) is 0. The van der Waals surface area contributed by atoms with E-state index in [2.05, 4.69) is 17.5 Å². The molecule has 0 radical (unpaired) electrons. The van der Waals surface area contributed by atoms with Crippen LogP contribution in [0.2, 0.25) is 0 Å². The number of alkyl halides is 3. The molecule has 0 aliphatic rings. The highest BCUT2D eigenvalue weighted by Gasteiger charge is 2.29. The maximum absolute atomic E-state index is 12.4. The zero-order chi connectivity index (χ0) is 14.5. The fraction of sp³-hybridized carbons (Fsp3) is 0.133. The standard InChI is InChI=1S/C15H12F3N/c1-4-12(3)19-10-9-11(2)13-5-7-14(8-6-13)15(16,17)18/h1,5-10H,3H2,2H3/b11-9+,19-10?. The van der Waals surface area contributed by atoms with Crippen LogP contribution in [-0.4, -0.2) is 6.21 Å². The van der Waals surface area contributed by atoms with E-state index in [4.69, 9.17) is 6.42 Å². The number of hydrogen-bond acceptors (Lipinski definition) is 1. The maximum Gasteiger partial charge on any atom is 0.416 e. The van der Waals surface area contributed by atoms with Crippen LogP contribution in [0.4, 0.5) is 13.2 Å². The molecule has 0 saturated heterocycles. The molecule has 1 rings (SSSR count). The summed E-state index contributed by atoms with van der Waals surface area (Å²) in [6.07, 6.45) is 3.87. The summed E-state index contributed by atoms with van der Waals surface area (Å²) in [6, 6.07) is 4.92. The summed E-state index contributed by atoms with van der Waals surface area (Å²) in [6.45, 7) is 5.26. The van der Waals surface area contributed by atoms with Crippen LogP contribution in [0.3, 0.4) is 0 Å². The van der Waals surface area contributed by atoms with Crippen molar-refractivity contribution >= 4 is 11.8 Å². The van der Waals surface area contributed by atoms with Gasteiger partial charge in [0, 0.05) is 6.21 Å². The molecule has 1 aromatic carbocycles. The average molecular weight is 263 g/mol. The lowest BCUT2D eigenvalue weighted by molar-refractivity contribution is -0.137. The fourth-order valence-corrected chi connectivity index (χ4v) is 1.29. The molecule has 0 aliphatic carbocycles. The molecule has 0 amide bonds. The predicted molar refractivity (Wildman–Crippen MR) is 71.6 cm³/mol. The van der Waals surface area contributed by atoms with E-state index in [0.29, 0.717) is 5.56 Å². The Morgan fingerprint density at radius 2 is 1.89 bits per heavy atom. The Hall–Kier alpha value is -2.28. The van der Waals surface area contributed by atoms with Crippen LogP contribution in [0.1, 0.15) is 18.1 Å². The second-order valence-electron chi connectivity index (χ2n) is 3.79. The highest BCUT2D eigenvalue weighted by atomic mass is 19.4. The van der Waals surface area contributed by atoms with E-state index in [-0.39, 0.29) is 5.70 Å². The fourth-order valence-electron chi connectivity index (χ4n) is 1.29. The first-order valence-corrected chi connectivity index (χ1v) is 5.38. The summed E-state index contributed by atoms with van der Waals surface area (Å²) in [4.78, 5) is 3.85. The molecule has 0 saturated carbocycles. The second kappa shape index (κ2) is 6.05. The lowest BCUT2D eigenvalue weighted by atomic mass is 10.1. The first kappa shape index (κ1) is 14.8. The van der Waals surface area contributed by atoms with E-state index in [1.807, 2.05) is 0 Å². The van der Waals surface area contributed by atoms with Gasteiger partial charge in [-0.3, -0.25) is 0 Å². The summed E-state index contributed by atoms with van der Waals surface area (Å²) in [5.41, 5.74) is 1.09. The maximum atomic E-state index is 12.4. The van der Waals surface area contributed by atoms with E-state index < -0.39 is 11.7 Å². The minimum atomic E-state index is -4.32. The molecule has 0 unspecified atom stereocenters. The summed E-state index contributed by atoms with van der Waals surface area (Å²) in [5.74, 6) is 2.26. The number of nitrogens with zero attached hydrogens (tertiary/aromatic N) is 1. The number of allylic oxidation sites excluding steroid dienone is 3. The molecule has 1 nitrogen and oxygen atoms in total. The van der Waals surface area contributed by atoms with Gasteiger partial charge in [-0.1, -0.05) is 24.6 Å². The highest BCUT2D eigenvalue weighted by Crippen LogP contribution is 2.29. The van der Waals surface area contributed by atoms with Crippen molar-refractivity contribution in [3.05, 3.63) is 53.7 Å². The number of aliphatic imine (C=N–C) groups is 1. The number of hydrogen-bond donors (Lipinski definition) is 0. The predicted octanol–water partition coefficient (Wildman–Crippen LogP) is 4.33. The lowest BCUT2D eigenvalue weighted by Crippen LogP contribution is -2.04. The van der Waals surface area contributed by atoms with Gasteiger partial charge in [0.2, 0.25) is 0 Å². The van der Waals surface area contributed by atoms with Crippen molar-refractivity contribution in [2.75, 3.05) is 0 Å². The SMILES string of the molecule is C#CC(=C)N=C/C=C(\C)c1ccc(C(F)(F)F)cc1. The van der Waals surface area contributed by atoms with Crippen molar-refractivity contribution < 1.29 is 13.2 Å². The third kappa shape index (κ3) is 4.47. The number of halogens is 3. The topological polar surface area (TPSA) is 12.4 Å². The highest BCUT2D eigenvalue weighted by molar-refractivity contribution is 5.84. The van der Waals surface area contributed by atoms with E-state index >= 15 is 0 Å². The molecule has 0 fully saturated rings. The van der Waals surface area contributed by atoms with E-state index in [9.17, 15) is 13.2 Å². The van der Waals surface area contributed by atoms with Crippen LogP contribution in [0.5, 0.6) is 0 Å². The summed E-state index contributed by atoms with van der Waals surface area (Å²) in [7, 11) is 0. The van der Waals surface area contributed by atoms with E-state index in [0.717, 1.165) is 17.7 Å². The molecule has 4 heteroatoms. The van der Waals surface area contributed by atoms with Crippen LogP contribution in [0, 0.1) is 12.3 Å². The molecule has 19 heavy (non-hydrogen) atoms. The Morgan fingerprint density at radius 1 is 1.32 bits per heavy atom. The molecule has 0 spiro atoms. The van der Waals surface area contributed by atoms with E-state index in [1.54, 1.807) is 13.0 Å². The van der Waals surface area contributed by atoms with Gasteiger partial charge in [-0.25, -0.2) is 4.99 Å². The Bertz CT molecular complexity index is 555. The number of rotatable bonds is 3. The zero-order valence-corrected chi connectivity index (χ0v) is 10.3. The molecule has 0 aliphatic heterocycles. The molecule has 0 aromatic heterocycles.